The van der Waals surface area contributed by atoms with Crippen molar-refractivity contribution in [3.05, 3.63) is 47.4 Å². The summed E-state index contributed by atoms with van der Waals surface area (Å²) in [5, 5.41) is -0.0644. The maximum absolute atomic E-state index is 12.6. The van der Waals surface area contributed by atoms with Crippen LogP contribution in [0.4, 0.5) is 0 Å². The largest absolute Gasteiger partial charge is 0.340 e. The molecular weight excluding hydrogens is 390 g/mol. The normalized spacial score (nSPS) is 16.0. The van der Waals surface area contributed by atoms with Gasteiger partial charge in [-0.2, -0.15) is 0 Å². The molecule has 0 aliphatic carbocycles. The number of imidazole rings is 1. The number of nitrogens with zero attached hydrogens (tertiary/aromatic N) is 4. The molecule has 0 saturated carbocycles. The maximum atomic E-state index is 12.6. The number of nitrogens with one attached hydrogen (secondary N) is 1. The predicted molar refractivity (Wildman–Crippen MR) is 111 cm³/mol. The summed E-state index contributed by atoms with van der Waals surface area (Å²) in [4.78, 5) is 20.7. The Labute approximate surface area is 172 Å². The van der Waals surface area contributed by atoms with Crippen molar-refractivity contribution >= 4 is 15.9 Å². The number of aromatic nitrogens is 2. The topological polar surface area (TPSA) is 87.5 Å². The van der Waals surface area contributed by atoms with Gasteiger partial charge < -0.3 is 9.47 Å². The number of amides is 1. The van der Waals surface area contributed by atoms with Gasteiger partial charge in [-0.15, -0.1) is 0 Å². The molecule has 1 amide bonds. The van der Waals surface area contributed by atoms with E-state index < -0.39 is 10.0 Å². The Morgan fingerprint density at radius 2 is 1.83 bits per heavy atom. The first-order valence-electron chi connectivity index (χ1n) is 9.80. The molecule has 1 aliphatic rings. The fourth-order valence-electron chi connectivity index (χ4n) is 3.33. The van der Waals surface area contributed by atoms with Crippen LogP contribution in [0.15, 0.2) is 35.5 Å². The Kier molecular flexibility index (Phi) is 6.71. The van der Waals surface area contributed by atoms with Gasteiger partial charge in [-0.3, -0.25) is 9.69 Å². The number of hydrogen-bond donors (Lipinski definition) is 1. The molecule has 1 fully saturated rings. The van der Waals surface area contributed by atoms with E-state index in [0.29, 0.717) is 18.9 Å². The van der Waals surface area contributed by atoms with E-state index in [0.717, 1.165) is 26.1 Å². The number of carbonyl (C=O) groups is 1. The van der Waals surface area contributed by atoms with Crippen LogP contribution in [0.25, 0.3) is 0 Å². The second-order valence-electron chi connectivity index (χ2n) is 7.56. The summed E-state index contributed by atoms with van der Waals surface area (Å²) in [6.07, 6.45) is 2.31. The number of aryl methyl sites for hydroxylation is 3. The zero-order chi connectivity index (χ0) is 21.0. The highest BCUT2D eigenvalue weighted by atomic mass is 32.2. The van der Waals surface area contributed by atoms with Gasteiger partial charge in [-0.05, 0) is 25.8 Å². The van der Waals surface area contributed by atoms with Gasteiger partial charge in [-0.25, -0.2) is 18.1 Å². The van der Waals surface area contributed by atoms with E-state index in [1.807, 2.05) is 0 Å². The van der Waals surface area contributed by atoms with Crippen LogP contribution in [0.5, 0.6) is 0 Å². The van der Waals surface area contributed by atoms with Crippen molar-refractivity contribution in [2.45, 2.75) is 31.8 Å². The molecule has 2 heterocycles. The monoisotopic (exact) mass is 419 g/mol. The van der Waals surface area contributed by atoms with Crippen LogP contribution in [-0.4, -0.2) is 66.4 Å². The number of benzene rings is 1. The van der Waals surface area contributed by atoms with E-state index in [-0.39, 0.29) is 17.5 Å². The fourth-order valence-corrected chi connectivity index (χ4v) is 4.34. The Balaban J connectivity index is 1.52. The summed E-state index contributed by atoms with van der Waals surface area (Å²) >= 11 is 0. The minimum atomic E-state index is -3.80. The molecule has 0 spiro atoms. The maximum Gasteiger partial charge on any atom is 0.260 e. The Morgan fingerprint density at radius 1 is 1.10 bits per heavy atom. The molecule has 9 heteroatoms. The molecule has 3 rings (SSSR count). The van der Waals surface area contributed by atoms with Crippen molar-refractivity contribution in [2.24, 2.45) is 7.05 Å². The summed E-state index contributed by atoms with van der Waals surface area (Å²) in [5.41, 5.74) is 2.50. The van der Waals surface area contributed by atoms with Crippen molar-refractivity contribution in [1.82, 2.24) is 24.1 Å². The molecule has 0 atom stereocenters. The highest BCUT2D eigenvalue weighted by molar-refractivity contribution is 7.89. The molecule has 29 heavy (non-hydrogen) atoms. The second-order valence-corrected chi connectivity index (χ2v) is 9.27. The summed E-state index contributed by atoms with van der Waals surface area (Å²) in [7, 11) is -2.07. The number of rotatable bonds is 6. The van der Waals surface area contributed by atoms with Crippen LogP contribution in [0.3, 0.4) is 0 Å². The molecule has 0 unspecified atom stereocenters. The zero-order valence-electron chi connectivity index (χ0n) is 17.3. The molecular formula is C20H29N5O3S. The average Bonchev–Trinajstić information content (AvgIpc) is 2.89. The highest BCUT2D eigenvalue weighted by Crippen LogP contribution is 2.11. The van der Waals surface area contributed by atoms with Crippen LogP contribution in [0.2, 0.25) is 0 Å². The van der Waals surface area contributed by atoms with E-state index in [4.69, 9.17) is 0 Å². The molecule has 1 N–H and O–H groups in total. The van der Waals surface area contributed by atoms with E-state index in [9.17, 15) is 13.2 Å². The molecule has 158 valence electrons. The van der Waals surface area contributed by atoms with E-state index in [1.165, 1.54) is 17.3 Å². The van der Waals surface area contributed by atoms with E-state index in [1.54, 1.807) is 23.4 Å². The third-order valence-electron chi connectivity index (χ3n) is 5.24. The van der Waals surface area contributed by atoms with Crippen LogP contribution < -0.4 is 4.72 Å². The molecule has 2 aromatic rings. The first-order valence-corrected chi connectivity index (χ1v) is 11.3. The highest BCUT2D eigenvalue weighted by Gasteiger charge is 2.23. The summed E-state index contributed by atoms with van der Waals surface area (Å²) < 4.78 is 28.7. The van der Waals surface area contributed by atoms with Crippen molar-refractivity contribution in [2.75, 3.05) is 32.7 Å². The number of carbonyl (C=O) groups excluding carboxylic acids is 1. The van der Waals surface area contributed by atoms with Crippen molar-refractivity contribution in [3.8, 4) is 0 Å². The number of sulfonamides is 1. The van der Waals surface area contributed by atoms with Crippen molar-refractivity contribution in [3.63, 3.8) is 0 Å². The lowest BCUT2D eigenvalue weighted by Crippen LogP contribution is -2.42. The zero-order valence-corrected chi connectivity index (χ0v) is 18.1. The molecule has 1 aromatic heterocycles. The van der Waals surface area contributed by atoms with Crippen molar-refractivity contribution < 1.29 is 13.2 Å². The first kappa shape index (κ1) is 21.5. The lowest BCUT2D eigenvalue weighted by molar-refractivity contribution is -0.129. The molecule has 8 nitrogen and oxygen atoms in total. The van der Waals surface area contributed by atoms with Crippen LogP contribution in [0.1, 0.15) is 23.4 Å². The predicted octanol–water partition coefficient (Wildman–Crippen LogP) is 1.05. The van der Waals surface area contributed by atoms with Gasteiger partial charge in [0.25, 0.3) is 10.0 Å². The molecule has 0 bridgehead atoms. The summed E-state index contributed by atoms with van der Waals surface area (Å²) in [5.74, 6) is 0.385. The smallest absolute Gasteiger partial charge is 0.260 e. The SMILES string of the molecule is Cc1ccc(CN2CCCN(C(=O)CNS(=O)(=O)c3cn(C)c(C)n3)CC2)cc1. The fraction of sp³-hybridized carbons (Fsp3) is 0.500. The van der Waals surface area contributed by atoms with Crippen molar-refractivity contribution in [1.29, 1.82) is 0 Å². The van der Waals surface area contributed by atoms with Gasteiger partial charge >= 0.3 is 0 Å². The molecule has 1 aromatic carbocycles. The van der Waals surface area contributed by atoms with Gasteiger partial charge in [0.2, 0.25) is 5.91 Å². The average molecular weight is 420 g/mol. The minimum Gasteiger partial charge on any atom is -0.340 e. The minimum absolute atomic E-state index is 0.0644. The molecule has 0 radical (unpaired) electrons. The van der Waals surface area contributed by atoms with Gasteiger partial charge in [-0.1, -0.05) is 29.8 Å². The van der Waals surface area contributed by atoms with E-state index >= 15 is 0 Å². The van der Waals surface area contributed by atoms with Crippen LogP contribution >= 0.6 is 0 Å². The Bertz CT molecular complexity index is 933. The lowest BCUT2D eigenvalue weighted by atomic mass is 10.1. The molecule has 1 saturated heterocycles. The summed E-state index contributed by atoms with van der Waals surface area (Å²) in [6, 6.07) is 8.49. The summed E-state index contributed by atoms with van der Waals surface area (Å²) in [6.45, 7) is 7.31. The van der Waals surface area contributed by atoms with Gasteiger partial charge in [0, 0.05) is 46.0 Å². The van der Waals surface area contributed by atoms with Crippen LogP contribution in [-0.2, 0) is 28.4 Å². The standard InChI is InChI=1S/C20H29N5O3S/c1-16-5-7-18(8-6-16)14-24-9-4-10-25(12-11-24)20(26)13-21-29(27,28)19-15-23(3)17(2)22-19/h5-8,15,21H,4,9-14H2,1-3H3. The first-order chi connectivity index (χ1) is 13.7. The second kappa shape index (κ2) is 9.06. The lowest BCUT2D eigenvalue weighted by Gasteiger charge is -2.22. The Morgan fingerprint density at radius 3 is 2.48 bits per heavy atom. The molecule has 1 aliphatic heterocycles. The quantitative estimate of drug-likeness (QED) is 0.756. The van der Waals surface area contributed by atoms with Gasteiger partial charge in [0.1, 0.15) is 5.82 Å². The van der Waals surface area contributed by atoms with E-state index in [2.05, 4.69) is 45.8 Å². The van der Waals surface area contributed by atoms with Gasteiger partial charge in [0.05, 0.1) is 6.54 Å². The third kappa shape index (κ3) is 5.65. The Hall–Kier alpha value is -2.23. The third-order valence-corrected chi connectivity index (χ3v) is 6.52. The van der Waals surface area contributed by atoms with Crippen LogP contribution in [0, 0.1) is 13.8 Å². The van der Waals surface area contributed by atoms with Gasteiger partial charge in [0.15, 0.2) is 5.03 Å². The number of hydrogen-bond acceptors (Lipinski definition) is 5.